The molecule has 3 nitrogen and oxygen atoms in total. The zero-order valence-corrected chi connectivity index (χ0v) is 11.2. The molecular weight excluding hydrogens is 242 g/mol. The molecule has 1 fully saturated rings. The van der Waals surface area contributed by atoms with Gasteiger partial charge in [0.25, 0.3) is 0 Å². The Kier molecular flexibility index (Phi) is 3.37. The van der Waals surface area contributed by atoms with Crippen LogP contribution in [0.25, 0.3) is 0 Å². The predicted molar refractivity (Wildman–Crippen MR) is 67.6 cm³/mol. The Morgan fingerprint density at radius 3 is 2.75 bits per heavy atom. The molecule has 16 heavy (non-hydrogen) atoms. The number of aryl methyl sites for hydroxylation is 1. The van der Waals surface area contributed by atoms with E-state index in [1.54, 1.807) is 11.3 Å². The summed E-state index contributed by atoms with van der Waals surface area (Å²) in [6.45, 7) is 4.80. The molecule has 1 aliphatic rings. The lowest BCUT2D eigenvalue weighted by atomic mass is 10.2. The summed E-state index contributed by atoms with van der Waals surface area (Å²) >= 11 is 1.68. The highest BCUT2D eigenvalue weighted by Crippen LogP contribution is 2.26. The Bertz CT molecular complexity index is 464. The van der Waals surface area contributed by atoms with Gasteiger partial charge < -0.3 is 5.32 Å². The molecule has 0 radical (unpaired) electrons. The summed E-state index contributed by atoms with van der Waals surface area (Å²) in [5.41, 5.74) is 0. The highest BCUT2D eigenvalue weighted by molar-refractivity contribution is 7.91. The molecule has 0 aliphatic carbocycles. The van der Waals surface area contributed by atoms with Crippen molar-refractivity contribution in [2.45, 2.75) is 19.9 Å². The molecule has 0 aromatic carbocycles. The van der Waals surface area contributed by atoms with Crippen LogP contribution in [0.15, 0.2) is 12.1 Å². The van der Waals surface area contributed by atoms with Crippen molar-refractivity contribution >= 4 is 21.2 Å². The molecule has 2 atom stereocenters. The highest BCUT2D eigenvalue weighted by atomic mass is 32.2. The van der Waals surface area contributed by atoms with Crippen LogP contribution in [-0.2, 0) is 9.84 Å². The zero-order valence-electron chi connectivity index (χ0n) is 9.56. The van der Waals surface area contributed by atoms with Gasteiger partial charge >= 0.3 is 0 Å². The van der Waals surface area contributed by atoms with Gasteiger partial charge in [0, 0.05) is 9.75 Å². The number of sulfone groups is 1. The Morgan fingerprint density at radius 2 is 2.12 bits per heavy atom. The van der Waals surface area contributed by atoms with E-state index in [9.17, 15) is 8.42 Å². The summed E-state index contributed by atoms with van der Waals surface area (Å²) in [6.07, 6.45) is 0. The minimum atomic E-state index is -2.91. The SMILES string of the molecule is Cc1ccc(C2CS(=O)(=O)CC(C)CN2)s1. The van der Waals surface area contributed by atoms with Crippen LogP contribution in [0.4, 0.5) is 0 Å². The molecule has 0 amide bonds. The van der Waals surface area contributed by atoms with Gasteiger partial charge in [0.2, 0.25) is 0 Å². The average Bonchev–Trinajstić information content (AvgIpc) is 2.52. The largest absolute Gasteiger partial charge is 0.308 e. The lowest BCUT2D eigenvalue weighted by Crippen LogP contribution is -2.25. The molecule has 1 N–H and O–H groups in total. The number of thiophene rings is 1. The van der Waals surface area contributed by atoms with Crippen molar-refractivity contribution in [2.24, 2.45) is 5.92 Å². The van der Waals surface area contributed by atoms with Crippen LogP contribution in [-0.4, -0.2) is 26.5 Å². The fourth-order valence-electron chi connectivity index (χ4n) is 2.04. The fourth-order valence-corrected chi connectivity index (χ4v) is 5.02. The van der Waals surface area contributed by atoms with Gasteiger partial charge in [-0.2, -0.15) is 0 Å². The first-order chi connectivity index (χ1) is 7.46. The highest BCUT2D eigenvalue weighted by Gasteiger charge is 2.27. The van der Waals surface area contributed by atoms with E-state index in [-0.39, 0.29) is 17.7 Å². The van der Waals surface area contributed by atoms with Crippen LogP contribution >= 0.6 is 11.3 Å². The summed E-state index contributed by atoms with van der Waals surface area (Å²) in [7, 11) is -2.91. The smallest absolute Gasteiger partial charge is 0.152 e. The quantitative estimate of drug-likeness (QED) is 0.836. The Hall–Kier alpha value is -0.390. The normalized spacial score (nSPS) is 29.9. The van der Waals surface area contributed by atoms with Gasteiger partial charge in [-0.3, -0.25) is 0 Å². The average molecular weight is 259 g/mol. The van der Waals surface area contributed by atoms with Gasteiger partial charge in [-0.25, -0.2) is 8.42 Å². The van der Waals surface area contributed by atoms with Gasteiger partial charge in [0.1, 0.15) is 0 Å². The molecule has 0 spiro atoms. The molecule has 1 aromatic heterocycles. The van der Waals surface area contributed by atoms with E-state index in [4.69, 9.17) is 0 Å². The Labute approximate surface area is 101 Å². The summed E-state index contributed by atoms with van der Waals surface area (Å²) in [6, 6.07) is 4.06. The first-order valence-corrected chi connectivity index (χ1v) is 8.10. The molecule has 1 aromatic rings. The maximum atomic E-state index is 11.8. The summed E-state index contributed by atoms with van der Waals surface area (Å²) in [4.78, 5) is 2.36. The Morgan fingerprint density at radius 1 is 1.38 bits per heavy atom. The molecule has 2 heterocycles. The van der Waals surface area contributed by atoms with Crippen molar-refractivity contribution in [1.29, 1.82) is 0 Å². The second kappa shape index (κ2) is 4.47. The van der Waals surface area contributed by atoms with E-state index in [0.29, 0.717) is 5.75 Å². The molecule has 5 heteroatoms. The minimum absolute atomic E-state index is 0.0198. The van der Waals surface area contributed by atoms with Crippen molar-refractivity contribution in [3.8, 4) is 0 Å². The second-order valence-corrected chi connectivity index (χ2v) is 8.06. The lowest BCUT2D eigenvalue weighted by molar-refractivity contribution is 0.522. The topological polar surface area (TPSA) is 46.2 Å². The van der Waals surface area contributed by atoms with Crippen molar-refractivity contribution in [1.82, 2.24) is 5.32 Å². The van der Waals surface area contributed by atoms with Crippen LogP contribution in [0.5, 0.6) is 0 Å². The van der Waals surface area contributed by atoms with Crippen molar-refractivity contribution < 1.29 is 8.42 Å². The van der Waals surface area contributed by atoms with Crippen LogP contribution < -0.4 is 5.32 Å². The van der Waals surface area contributed by atoms with Crippen molar-refractivity contribution in [3.05, 3.63) is 21.9 Å². The second-order valence-electron chi connectivity index (χ2n) is 4.59. The number of hydrogen-bond donors (Lipinski definition) is 1. The van der Waals surface area contributed by atoms with Gasteiger partial charge in [-0.15, -0.1) is 11.3 Å². The van der Waals surface area contributed by atoms with Crippen LogP contribution in [0, 0.1) is 12.8 Å². The van der Waals surface area contributed by atoms with Gasteiger partial charge in [-0.05, 0) is 31.5 Å². The maximum absolute atomic E-state index is 11.8. The van der Waals surface area contributed by atoms with Gasteiger partial charge in [0.05, 0.1) is 17.5 Å². The van der Waals surface area contributed by atoms with Crippen molar-refractivity contribution in [3.63, 3.8) is 0 Å². The van der Waals surface area contributed by atoms with Gasteiger partial charge in [-0.1, -0.05) is 6.92 Å². The Balaban J connectivity index is 2.23. The van der Waals surface area contributed by atoms with Crippen molar-refractivity contribution in [2.75, 3.05) is 18.1 Å². The molecule has 1 aliphatic heterocycles. The van der Waals surface area contributed by atoms with E-state index < -0.39 is 9.84 Å². The third-order valence-corrected chi connectivity index (χ3v) is 5.81. The van der Waals surface area contributed by atoms with E-state index in [1.165, 1.54) is 4.88 Å². The number of nitrogens with one attached hydrogen (secondary N) is 1. The molecule has 2 rings (SSSR count). The molecule has 1 saturated heterocycles. The fraction of sp³-hybridized carbons (Fsp3) is 0.636. The molecule has 90 valence electrons. The van der Waals surface area contributed by atoms with Crippen LogP contribution in [0.2, 0.25) is 0 Å². The first kappa shape index (κ1) is 12.1. The van der Waals surface area contributed by atoms with Crippen LogP contribution in [0.1, 0.15) is 22.7 Å². The standard InChI is InChI=1S/C11H17NO2S2/c1-8-5-12-10(7-16(13,14)6-8)11-4-3-9(2)15-11/h3-4,8,10,12H,5-7H2,1-2H3. The third-order valence-electron chi connectivity index (χ3n) is 2.78. The van der Waals surface area contributed by atoms with E-state index in [0.717, 1.165) is 11.4 Å². The molecule has 0 saturated carbocycles. The lowest BCUT2D eigenvalue weighted by Gasteiger charge is -2.13. The molecule has 0 bridgehead atoms. The summed E-state index contributed by atoms with van der Waals surface area (Å²) < 4.78 is 23.7. The minimum Gasteiger partial charge on any atom is -0.308 e. The first-order valence-electron chi connectivity index (χ1n) is 5.46. The van der Waals surface area contributed by atoms with E-state index in [1.807, 2.05) is 26.0 Å². The zero-order chi connectivity index (χ0) is 11.8. The number of rotatable bonds is 1. The summed E-state index contributed by atoms with van der Waals surface area (Å²) in [5.74, 6) is 0.745. The van der Waals surface area contributed by atoms with Gasteiger partial charge in [0.15, 0.2) is 9.84 Å². The predicted octanol–water partition coefficient (Wildman–Crippen LogP) is 1.75. The van der Waals surface area contributed by atoms with E-state index >= 15 is 0 Å². The monoisotopic (exact) mass is 259 g/mol. The molecule has 2 unspecified atom stereocenters. The maximum Gasteiger partial charge on any atom is 0.152 e. The number of hydrogen-bond acceptors (Lipinski definition) is 4. The van der Waals surface area contributed by atoms with E-state index in [2.05, 4.69) is 5.32 Å². The summed E-state index contributed by atoms with van der Waals surface area (Å²) in [5, 5.41) is 3.35. The van der Waals surface area contributed by atoms with Crippen LogP contribution in [0.3, 0.4) is 0 Å². The molecular formula is C11H17NO2S2. The third kappa shape index (κ3) is 2.84.